The Morgan fingerprint density at radius 1 is 1.06 bits per heavy atom. The first-order valence-electron chi connectivity index (χ1n) is 4.87. The van der Waals surface area contributed by atoms with Crippen LogP contribution in [0.3, 0.4) is 0 Å². The summed E-state index contributed by atoms with van der Waals surface area (Å²) in [6.07, 6.45) is 0. The van der Waals surface area contributed by atoms with Crippen LogP contribution in [0.15, 0.2) is 42.5 Å². The molecule has 0 amide bonds. The molecule has 0 atom stereocenters. The Balaban J connectivity index is 2.60. The number of carboxylic acid groups (broad SMARTS) is 1. The predicted octanol–water partition coefficient (Wildman–Crippen LogP) is 3.33. The molecule has 0 aliphatic rings. The third-order valence-corrected chi connectivity index (χ3v) is 2.36. The number of benzene rings is 2. The standard InChI is InChI=1S/C13H8F2O2/c14-9-4-1-3-8(7-9)10-5-2-6-11(12(10)15)13(16)17/h1-7H,(H,16,17). The number of carbonyl (C=O) groups is 1. The smallest absolute Gasteiger partial charge is 0.338 e. The molecule has 0 unspecified atom stereocenters. The zero-order chi connectivity index (χ0) is 12.4. The van der Waals surface area contributed by atoms with Gasteiger partial charge in [-0.15, -0.1) is 0 Å². The van der Waals surface area contributed by atoms with Crippen LogP contribution in [0.5, 0.6) is 0 Å². The van der Waals surface area contributed by atoms with E-state index in [1.165, 1.54) is 36.4 Å². The summed E-state index contributed by atoms with van der Waals surface area (Å²) in [5.74, 6) is -2.70. The Bertz CT molecular complexity index is 579. The summed E-state index contributed by atoms with van der Waals surface area (Å²) in [4.78, 5) is 10.8. The molecule has 0 fully saturated rings. The first kappa shape index (κ1) is 11.3. The van der Waals surface area contributed by atoms with Crippen LogP contribution in [0, 0.1) is 11.6 Å². The highest BCUT2D eigenvalue weighted by atomic mass is 19.1. The van der Waals surface area contributed by atoms with Crippen molar-refractivity contribution in [1.82, 2.24) is 0 Å². The summed E-state index contributed by atoms with van der Waals surface area (Å²) in [7, 11) is 0. The molecule has 4 heteroatoms. The lowest BCUT2D eigenvalue weighted by atomic mass is 10.0. The molecule has 0 aliphatic heterocycles. The fourth-order valence-electron chi connectivity index (χ4n) is 1.58. The quantitative estimate of drug-likeness (QED) is 0.865. The van der Waals surface area contributed by atoms with Crippen molar-refractivity contribution in [3.63, 3.8) is 0 Å². The van der Waals surface area contributed by atoms with Gasteiger partial charge in [0.05, 0.1) is 5.56 Å². The van der Waals surface area contributed by atoms with E-state index in [-0.39, 0.29) is 5.56 Å². The monoisotopic (exact) mass is 234 g/mol. The normalized spacial score (nSPS) is 10.2. The van der Waals surface area contributed by atoms with Gasteiger partial charge in [0, 0.05) is 5.56 Å². The first-order chi connectivity index (χ1) is 8.09. The number of halogens is 2. The SMILES string of the molecule is O=C(O)c1cccc(-c2cccc(F)c2)c1F. The van der Waals surface area contributed by atoms with Crippen molar-refractivity contribution < 1.29 is 18.7 Å². The van der Waals surface area contributed by atoms with Crippen LogP contribution in [0.4, 0.5) is 8.78 Å². The lowest BCUT2D eigenvalue weighted by molar-refractivity contribution is 0.0692. The third kappa shape index (κ3) is 2.15. The lowest BCUT2D eigenvalue weighted by Gasteiger charge is -2.05. The molecule has 0 saturated heterocycles. The fourth-order valence-corrected chi connectivity index (χ4v) is 1.58. The van der Waals surface area contributed by atoms with Gasteiger partial charge in [0.2, 0.25) is 0 Å². The van der Waals surface area contributed by atoms with Gasteiger partial charge in [-0.25, -0.2) is 13.6 Å². The number of hydrogen-bond donors (Lipinski definition) is 1. The Hall–Kier alpha value is -2.23. The van der Waals surface area contributed by atoms with Gasteiger partial charge in [0.25, 0.3) is 0 Å². The Morgan fingerprint density at radius 3 is 2.41 bits per heavy atom. The zero-order valence-corrected chi connectivity index (χ0v) is 8.65. The minimum Gasteiger partial charge on any atom is -0.478 e. The minimum atomic E-state index is -1.35. The van der Waals surface area contributed by atoms with Crippen molar-refractivity contribution in [3.8, 4) is 11.1 Å². The van der Waals surface area contributed by atoms with Gasteiger partial charge >= 0.3 is 5.97 Å². The highest BCUT2D eigenvalue weighted by molar-refractivity contribution is 5.89. The van der Waals surface area contributed by atoms with E-state index in [9.17, 15) is 13.6 Å². The van der Waals surface area contributed by atoms with Crippen LogP contribution in [-0.4, -0.2) is 11.1 Å². The van der Waals surface area contributed by atoms with E-state index in [1.807, 2.05) is 0 Å². The molecule has 86 valence electrons. The number of carboxylic acids is 1. The number of aromatic carboxylic acids is 1. The molecule has 0 bridgehead atoms. The van der Waals surface area contributed by atoms with Gasteiger partial charge in [0.15, 0.2) is 0 Å². The fraction of sp³-hybridized carbons (Fsp3) is 0. The van der Waals surface area contributed by atoms with Crippen LogP contribution in [0.1, 0.15) is 10.4 Å². The molecule has 17 heavy (non-hydrogen) atoms. The number of rotatable bonds is 2. The molecule has 0 heterocycles. The minimum absolute atomic E-state index is 0.0735. The van der Waals surface area contributed by atoms with Gasteiger partial charge < -0.3 is 5.11 Å². The number of hydrogen-bond acceptors (Lipinski definition) is 1. The average molecular weight is 234 g/mol. The van der Waals surface area contributed by atoms with E-state index < -0.39 is 23.2 Å². The molecule has 0 radical (unpaired) electrons. The summed E-state index contributed by atoms with van der Waals surface area (Å²) < 4.78 is 26.8. The molecule has 0 saturated carbocycles. The largest absolute Gasteiger partial charge is 0.478 e. The van der Waals surface area contributed by atoms with E-state index in [4.69, 9.17) is 5.11 Å². The van der Waals surface area contributed by atoms with Crippen LogP contribution >= 0.6 is 0 Å². The van der Waals surface area contributed by atoms with Gasteiger partial charge in [-0.1, -0.05) is 24.3 Å². The molecule has 0 aromatic heterocycles. The highest BCUT2D eigenvalue weighted by Crippen LogP contribution is 2.25. The predicted molar refractivity (Wildman–Crippen MR) is 58.8 cm³/mol. The molecule has 2 aromatic rings. The highest BCUT2D eigenvalue weighted by Gasteiger charge is 2.14. The van der Waals surface area contributed by atoms with E-state index >= 15 is 0 Å². The molecule has 2 rings (SSSR count). The molecular formula is C13H8F2O2. The summed E-state index contributed by atoms with van der Waals surface area (Å²) in [5, 5.41) is 8.78. The summed E-state index contributed by atoms with van der Waals surface area (Å²) in [6.45, 7) is 0. The molecule has 0 aliphatic carbocycles. The molecule has 0 spiro atoms. The lowest BCUT2D eigenvalue weighted by Crippen LogP contribution is -2.01. The van der Waals surface area contributed by atoms with Crippen molar-refractivity contribution in [3.05, 3.63) is 59.7 Å². The van der Waals surface area contributed by atoms with Crippen LogP contribution in [-0.2, 0) is 0 Å². The van der Waals surface area contributed by atoms with Gasteiger partial charge in [-0.05, 0) is 23.8 Å². The summed E-state index contributed by atoms with van der Waals surface area (Å²) in [5.41, 5.74) is -0.0400. The van der Waals surface area contributed by atoms with E-state index in [0.717, 1.165) is 6.07 Å². The zero-order valence-electron chi connectivity index (χ0n) is 8.65. The maximum absolute atomic E-state index is 13.8. The van der Waals surface area contributed by atoms with Crippen LogP contribution in [0.2, 0.25) is 0 Å². The van der Waals surface area contributed by atoms with Crippen LogP contribution in [0.25, 0.3) is 11.1 Å². The van der Waals surface area contributed by atoms with E-state index in [0.29, 0.717) is 5.56 Å². The van der Waals surface area contributed by atoms with Crippen LogP contribution < -0.4 is 0 Å². The Labute approximate surface area is 96.1 Å². The second-order valence-corrected chi connectivity index (χ2v) is 3.48. The third-order valence-electron chi connectivity index (χ3n) is 2.36. The average Bonchev–Trinajstić information content (AvgIpc) is 2.29. The first-order valence-corrected chi connectivity index (χ1v) is 4.87. The van der Waals surface area contributed by atoms with Crippen molar-refractivity contribution in [2.45, 2.75) is 0 Å². The van der Waals surface area contributed by atoms with Gasteiger partial charge in [-0.3, -0.25) is 0 Å². The molecule has 2 nitrogen and oxygen atoms in total. The van der Waals surface area contributed by atoms with E-state index in [1.54, 1.807) is 0 Å². The van der Waals surface area contributed by atoms with Crippen molar-refractivity contribution in [1.29, 1.82) is 0 Å². The van der Waals surface area contributed by atoms with Gasteiger partial charge in [-0.2, -0.15) is 0 Å². The Kier molecular flexibility index (Phi) is 2.87. The van der Waals surface area contributed by atoms with Crippen molar-refractivity contribution >= 4 is 5.97 Å². The second-order valence-electron chi connectivity index (χ2n) is 3.48. The molecular weight excluding hydrogens is 226 g/mol. The van der Waals surface area contributed by atoms with E-state index in [2.05, 4.69) is 0 Å². The molecule has 1 N–H and O–H groups in total. The summed E-state index contributed by atoms with van der Waals surface area (Å²) >= 11 is 0. The van der Waals surface area contributed by atoms with Crippen molar-refractivity contribution in [2.24, 2.45) is 0 Å². The second kappa shape index (κ2) is 4.33. The molecule has 2 aromatic carbocycles. The van der Waals surface area contributed by atoms with Gasteiger partial charge in [0.1, 0.15) is 11.6 Å². The Morgan fingerprint density at radius 2 is 1.76 bits per heavy atom. The topological polar surface area (TPSA) is 37.3 Å². The maximum Gasteiger partial charge on any atom is 0.338 e. The maximum atomic E-state index is 13.8. The van der Waals surface area contributed by atoms with Crippen molar-refractivity contribution in [2.75, 3.05) is 0 Å². The summed E-state index contributed by atoms with van der Waals surface area (Å²) in [6, 6.07) is 9.36.